The van der Waals surface area contributed by atoms with Crippen molar-refractivity contribution in [3.8, 4) is 5.75 Å². The quantitative estimate of drug-likeness (QED) is 0.213. The van der Waals surface area contributed by atoms with E-state index in [0.29, 0.717) is 48.0 Å². The van der Waals surface area contributed by atoms with Crippen molar-refractivity contribution >= 4 is 40.7 Å². The summed E-state index contributed by atoms with van der Waals surface area (Å²) in [4.78, 5) is 49.7. The largest absolute Gasteiger partial charge is 0.494 e. The molecule has 3 saturated heterocycles. The molecule has 3 amide bonds. The highest BCUT2D eigenvalue weighted by Gasteiger charge is 2.79. The summed E-state index contributed by atoms with van der Waals surface area (Å²) in [6.45, 7) is 12.1. The SMILES string of the molecule is C=CCN(C(=O)C1N([C@@H](CO)Cc2ccccc2)C(=O)[C@@H]2[C@@H](C(=O)N(CC=C)c3ccc(OCC)cc3)[C@@]3(C)CCC12O3)c1ccc(Cl)cc1. The van der Waals surface area contributed by atoms with Crippen LogP contribution in [-0.2, 0) is 25.5 Å². The third-order valence-corrected chi connectivity index (χ3v) is 10.6. The molecule has 9 nitrogen and oxygen atoms in total. The second-order valence-corrected chi connectivity index (χ2v) is 13.8. The summed E-state index contributed by atoms with van der Waals surface area (Å²) in [6, 6.07) is 21.8. The Morgan fingerprint density at radius 1 is 0.980 bits per heavy atom. The number of nitrogens with zero attached hydrogens (tertiary/aromatic N) is 3. The number of benzene rings is 3. The average Bonchev–Trinajstić information content (AvgIpc) is 3.70. The van der Waals surface area contributed by atoms with E-state index < -0.39 is 35.1 Å². The number of hydrogen-bond donors (Lipinski definition) is 1. The number of aliphatic hydroxyl groups is 1. The maximum atomic E-state index is 15.1. The van der Waals surface area contributed by atoms with Crippen molar-refractivity contribution in [2.24, 2.45) is 11.8 Å². The minimum atomic E-state index is -1.31. The van der Waals surface area contributed by atoms with Gasteiger partial charge in [0.2, 0.25) is 11.8 Å². The molecule has 1 spiro atoms. The van der Waals surface area contributed by atoms with Gasteiger partial charge in [-0.05, 0) is 87.2 Å². The first kappa shape index (κ1) is 35.4. The number of hydrogen-bond acceptors (Lipinski definition) is 6. The van der Waals surface area contributed by atoms with E-state index in [-0.39, 0.29) is 37.4 Å². The summed E-state index contributed by atoms with van der Waals surface area (Å²) in [5, 5.41) is 11.4. The van der Waals surface area contributed by atoms with Gasteiger partial charge in [0.1, 0.15) is 17.4 Å². The Labute approximate surface area is 298 Å². The Bertz CT molecular complexity index is 1730. The molecule has 0 radical (unpaired) electrons. The fraction of sp³-hybridized carbons (Fsp3) is 0.375. The van der Waals surface area contributed by atoms with Crippen molar-refractivity contribution < 1.29 is 29.0 Å². The van der Waals surface area contributed by atoms with Gasteiger partial charge in [-0.25, -0.2) is 0 Å². The van der Waals surface area contributed by atoms with E-state index >= 15 is 9.59 Å². The van der Waals surface area contributed by atoms with Crippen molar-refractivity contribution in [3.05, 3.63) is 115 Å². The van der Waals surface area contributed by atoms with Crippen molar-refractivity contribution in [1.82, 2.24) is 4.90 Å². The number of rotatable bonds is 14. The van der Waals surface area contributed by atoms with E-state index in [1.54, 1.807) is 58.4 Å². The van der Waals surface area contributed by atoms with Gasteiger partial charge in [-0.2, -0.15) is 0 Å². The summed E-state index contributed by atoms with van der Waals surface area (Å²) >= 11 is 6.21. The second-order valence-electron chi connectivity index (χ2n) is 13.4. The van der Waals surface area contributed by atoms with Crippen LogP contribution in [0.1, 0.15) is 32.3 Å². The van der Waals surface area contributed by atoms with Gasteiger partial charge in [0.05, 0.1) is 36.7 Å². The maximum Gasteiger partial charge on any atom is 0.253 e. The predicted octanol–water partition coefficient (Wildman–Crippen LogP) is 5.85. The fourth-order valence-corrected chi connectivity index (χ4v) is 8.40. The predicted molar refractivity (Wildman–Crippen MR) is 194 cm³/mol. The molecule has 3 aromatic rings. The number of anilines is 2. The first-order valence-electron chi connectivity index (χ1n) is 17.1. The van der Waals surface area contributed by atoms with Gasteiger partial charge in [-0.15, -0.1) is 13.2 Å². The van der Waals surface area contributed by atoms with Crippen molar-refractivity contribution in [3.63, 3.8) is 0 Å². The molecular formula is C40H44ClN3O6. The highest BCUT2D eigenvalue weighted by Crippen LogP contribution is 2.64. The number of halogens is 1. The van der Waals surface area contributed by atoms with Gasteiger partial charge in [-0.3, -0.25) is 14.4 Å². The molecule has 3 heterocycles. The number of carbonyl (C=O) groups is 3. The first-order valence-corrected chi connectivity index (χ1v) is 17.5. The van der Waals surface area contributed by atoms with Crippen LogP contribution in [0.5, 0.6) is 5.75 Å². The number of fused-ring (bicyclic) bond motifs is 1. The molecule has 0 saturated carbocycles. The topological polar surface area (TPSA) is 99.6 Å². The van der Waals surface area contributed by atoms with Gasteiger partial charge in [0.15, 0.2) is 0 Å². The van der Waals surface area contributed by atoms with Crippen molar-refractivity contribution in [2.45, 2.75) is 56.4 Å². The summed E-state index contributed by atoms with van der Waals surface area (Å²) in [5.74, 6) is -2.21. The third kappa shape index (κ3) is 6.12. The Morgan fingerprint density at radius 3 is 2.16 bits per heavy atom. The molecule has 3 aromatic carbocycles. The standard InChI is InChI=1S/C40H44ClN3O6/c1-5-23-42(30-17-19-32(20-18-30)49-7-3)36(46)33-34-37(47)44(31(26-45)25-27-11-9-8-10-12-27)35(40(34)22-21-39(33,4)50-40)38(48)43(24-6-2)29-15-13-28(41)14-16-29/h5-6,8-20,31,33-35,45H,1-2,7,21-26H2,3-4H3/t31-,33+,34+,35?,39-,40?/m1/s1. The smallest absolute Gasteiger partial charge is 0.253 e. The van der Waals surface area contributed by atoms with E-state index in [1.807, 2.05) is 56.3 Å². The zero-order chi connectivity index (χ0) is 35.6. The number of likely N-dealkylation sites (tertiary alicyclic amines) is 1. The van der Waals surface area contributed by atoms with E-state index in [1.165, 1.54) is 4.90 Å². The van der Waals surface area contributed by atoms with Gasteiger partial charge in [0.25, 0.3) is 5.91 Å². The van der Waals surface area contributed by atoms with E-state index in [0.717, 1.165) is 5.56 Å². The molecule has 262 valence electrons. The number of carbonyl (C=O) groups excluding carboxylic acids is 3. The molecule has 50 heavy (non-hydrogen) atoms. The summed E-state index contributed by atoms with van der Waals surface area (Å²) in [6.07, 6.45) is 4.45. The Kier molecular flexibility index (Phi) is 10.2. The number of ether oxygens (including phenoxy) is 2. The van der Waals surface area contributed by atoms with Gasteiger partial charge < -0.3 is 29.3 Å². The fourth-order valence-electron chi connectivity index (χ4n) is 8.28. The van der Waals surface area contributed by atoms with Gasteiger partial charge >= 0.3 is 0 Å². The summed E-state index contributed by atoms with van der Waals surface area (Å²) < 4.78 is 12.6. The minimum Gasteiger partial charge on any atom is -0.494 e. The lowest BCUT2D eigenvalue weighted by Crippen LogP contribution is -2.59. The van der Waals surface area contributed by atoms with Gasteiger partial charge in [-0.1, -0.05) is 54.1 Å². The van der Waals surface area contributed by atoms with Gasteiger partial charge in [0, 0.05) is 29.5 Å². The molecule has 3 aliphatic heterocycles. The third-order valence-electron chi connectivity index (χ3n) is 10.4. The van der Waals surface area contributed by atoms with Crippen LogP contribution in [0.2, 0.25) is 5.02 Å². The summed E-state index contributed by atoms with van der Waals surface area (Å²) in [7, 11) is 0. The Hall–Kier alpha value is -4.44. The summed E-state index contributed by atoms with van der Waals surface area (Å²) in [5.41, 5.74) is -0.208. The van der Waals surface area contributed by atoms with Crippen LogP contribution in [-0.4, -0.2) is 77.3 Å². The van der Waals surface area contributed by atoms with Crippen molar-refractivity contribution in [1.29, 1.82) is 0 Å². The first-order chi connectivity index (χ1) is 24.1. The highest BCUT2D eigenvalue weighted by molar-refractivity contribution is 6.30. The Morgan fingerprint density at radius 2 is 1.58 bits per heavy atom. The number of aliphatic hydroxyl groups excluding tert-OH is 1. The van der Waals surface area contributed by atoms with Crippen molar-refractivity contribution in [2.75, 3.05) is 36.1 Å². The minimum absolute atomic E-state index is 0.159. The molecule has 2 bridgehead atoms. The van der Waals surface area contributed by atoms with E-state index in [2.05, 4.69) is 13.2 Å². The molecular weight excluding hydrogens is 654 g/mol. The van der Waals surface area contributed by atoms with E-state index in [9.17, 15) is 9.90 Å². The van der Waals surface area contributed by atoms with Crippen LogP contribution in [0, 0.1) is 11.8 Å². The molecule has 3 aliphatic rings. The zero-order valence-electron chi connectivity index (χ0n) is 28.5. The lowest BCUT2D eigenvalue weighted by atomic mass is 9.66. The monoisotopic (exact) mass is 697 g/mol. The molecule has 6 atom stereocenters. The molecule has 2 unspecified atom stereocenters. The van der Waals surface area contributed by atoms with Crippen LogP contribution >= 0.6 is 11.6 Å². The van der Waals surface area contributed by atoms with Crippen LogP contribution in [0.4, 0.5) is 11.4 Å². The van der Waals surface area contributed by atoms with Crippen LogP contribution < -0.4 is 14.5 Å². The highest BCUT2D eigenvalue weighted by atomic mass is 35.5. The molecule has 0 aliphatic carbocycles. The molecule has 3 fully saturated rings. The number of amides is 3. The second kappa shape index (κ2) is 14.4. The maximum absolute atomic E-state index is 15.1. The molecule has 6 rings (SSSR count). The van der Waals surface area contributed by atoms with Crippen LogP contribution in [0.25, 0.3) is 0 Å². The average molecular weight is 698 g/mol. The van der Waals surface area contributed by atoms with Crippen LogP contribution in [0.15, 0.2) is 104 Å². The Balaban J connectivity index is 1.45. The lowest BCUT2D eigenvalue weighted by molar-refractivity contribution is -0.148. The molecule has 0 aromatic heterocycles. The van der Waals surface area contributed by atoms with Crippen LogP contribution in [0.3, 0.4) is 0 Å². The molecule has 10 heteroatoms. The molecule has 1 N–H and O–H groups in total. The lowest BCUT2D eigenvalue weighted by Gasteiger charge is -2.39. The normalized spacial score (nSPS) is 25.6. The van der Waals surface area contributed by atoms with E-state index in [4.69, 9.17) is 21.1 Å². The zero-order valence-corrected chi connectivity index (χ0v) is 29.3.